The lowest BCUT2D eigenvalue weighted by Crippen LogP contribution is -2.17. The van der Waals surface area contributed by atoms with E-state index >= 15 is 0 Å². The summed E-state index contributed by atoms with van der Waals surface area (Å²) in [7, 11) is 2.08. The van der Waals surface area contributed by atoms with E-state index in [9.17, 15) is 0 Å². The second-order valence-electron chi connectivity index (χ2n) is 4.97. The number of benzene rings is 1. The first-order valence-electron chi connectivity index (χ1n) is 7.05. The van der Waals surface area contributed by atoms with Crippen LogP contribution < -0.4 is 0 Å². The number of hydrogen-bond donors (Lipinski definition) is 1. The lowest BCUT2D eigenvalue weighted by Gasteiger charge is -2.16. The van der Waals surface area contributed by atoms with Crippen LogP contribution >= 0.6 is 0 Å². The van der Waals surface area contributed by atoms with Crippen molar-refractivity contribution in [3.8, 4) is 11.8 Å². The summed E-state index contributed by atoms with van der Waals surface area (Å²) in [4.78, 5) is 6.56. The van der Waals surface area contributed by atoms with Crippen molar-refractivity contribution in [2.45, 2.75) is 19.5 Å². The predicted octanol–water partition coefficient (Wildman–Crippen LogP) is 2.45. The van der Waals surface area contributed by atoms with Crippen molar-refractivity contribution in [2.24, 2.45) is 0 Å². The molecule has 1 N–H and O–H groups in total. The Hall–Kier alpha value is -2.15. The number of nitrogens with zero attached hydrogens (tertiary/aromatic N) is 2. The smallest absolute Gasteiger partial charge is 0.0543 e. The summed E-state index contributed by atoms with van der Waals surface area (Å²) in [6, 6.07) is 14.2. The minimum Gasteiger partial charge on any atom is -0.395 e. The number of aromatic nitrogens is 1. The maximum atomic E-state index is 8.74. The fourth-order valence-electron chi connectivity index (χ4n) is 2.10. The van der Waals surface area contributed by atoms with E-state index in [0.29, 0.717) is 6.42 Å². The van der Waals surface area contributed by atoms with E-state index in [1.807, 2.05) is 36.5 Å². The molecule has 0 spiro atoms. The summed E-state index contributed by atoms with van der Waals surface area (Å²) >= 11 is 0. The van der Waals surface area contributed by atoms with Crippen LogP contribution in [-0.4, -0.2) is 28.6 Å². The molecule has 0 aliphatic carbocycles. The molecule has 0 bridgehead atoms. The molecule has 0 fully saturated rings. The average Bonchev–Trinajstić information content (AvgIpc) is 2.49. The fourth-order valence-corrected chi connectivity index (χ4v) is 2.10. The van der Waals surface area contributed by atoms with Crippen LogP contribution in [0.25, 0.3) is 0 Å². The van der Waals surface area contributed by atoms with Gasteiger partial charge in [0.05, 0.1) is 12.3 Å². The number of aliphatic hydroxyl groups excluding tert-OH is 1. The average molecular weight is 280 g/mol. The molecule has 0 aliphatic rings. The number of hydrogen-bond acceptors (Lipinski definition) is 3. The standard InChI is InChI=1S/C18H20N2O/c1-20(15-18-10-2-4-11-19-18)14-17-9-6-8-16(13-17)7-3-5-12-21/h2,4,6,8-11,13,21H,5,12,14-15H2,1H3. The van der Waals surface area contributed by atoms with E-state index in [2.05, 4.69) is 40.9 Å². The van der Waals surface area contributed by atoms with E-state index in [4.69, 9.17) is 5.11 Å². The molecule has 1 aromatic heterocycles. The van der Waals surface area contributed by atoms with E-state index in [0.717, 1.165) is 24.3 Å². The van der Waals surface area contributed by atoms with Crippen LogP contribution in [0, 0.1) is 11.8 Å². The lowest BCUT2D eigenvalue weighted by atomic mass is 10.1. The van der Waals surface area contributed by atoms with Crippen LogP contribution in [0.1, 0.15) is 23.2 Å². The zero-order valence-corrected chi connectivity index (χ0v) is 12.3. The van der Waals surface area contributed by atoms with Crippen LogP contribution in [0.3, 0.4) is 0 Å². The maximum absolute atomic E-state index is 8.74. The van der Waals surface area contributed by atoms with Crippen molar-refractivity contribution in [1.82, 2.24) is 9.88 Å². The lowest BCUT2D eigenvalue weighted by molar-refractivity contribution is 0.305. The van der Waals surface area contributed by atoms with Gasteiger partial charge in [0.15, 0.2) is 0 Å². The summed E-state index contributed by atoms with van der Waals surface area (Å²) in [6.45, 7) is 1.78. The summed E-state index contributed by atoms with van der Waals surface area (Å²) in [5.41, 5.74) is 3.29. The highest BCUT2D eigenvalue weighted by Crippen LogP contribution is 2.09. The summed E-state index contributed by atoms with van der Waals surface area (Å²) in [5, 5.41) is 8.74. The zero-order chi connectivity index (χ0) is 14.9. The largest absolute Gasteiger partial charge is 0.395 e. The van der Waals surface area contributed by atoms with Gasteiger partial charge in [-0.1, -0.05) is 30.0 Å². The summed E-state index contributed by atoms with van der Waals surface area (Å²) < 4.78 is 0. The maximum Gasteiger partial charge on any atom is 0.0543 e. The first kappa shape index (κ1) is 15.2. The Morgan fingerprint density at radius 1 is 1.14 bits per heavy atom. The third kappa shape index (κ3) is 5.39. The SMILES string of the molecule is CN(Cc1cccc(C#CCCO)c1)Cc1ccccn1. The molecule has 1 aromatic carbocycles. The third-order valence-electron chi connectivity index (χ3n) is 3.01. The van der Waals surface area contributed by atoms with Gasteiger partial charge >= 0.3 is 0 Å². The minimum absolute atomic E-state index is 0.111. The van der Waals surface area contributed by atoms with Gasteiger partial charge in [0.1, 0.15) is 0 Å². The van der Waals surface area contributed by atoms with E-state index in [-0.39, 0.29) is 6.61 Å². The van der Waals surface area contributed by atoms with Crippen LogP contribution in [0.2, 0.25) is 0 Å². The number of aliphatic hydroxyl groups is 1. The van der Waals surface area contributed by atoms with E-state index in [1.54, 1.807) is 0 Å². The molecule has 2 rings (SSSR count). The van der Waals surface area contributed by atoms with Gasteiger partial charge in [-0.2, -0.15) is 0 Å². The molecular weight excluding hydrogens is 260 g/mol. The molecule has 21 heavy (non-hydrogen) atoms. The first-order valence-corrected chi connectivity index (χ1v) is 7.05. The molecule has 0 radical (unpaired) electrons. The molecule has 0 aliphatic heterocycles. The molecule has 0 amide bonds. The molecule has 1 heterocycles. The van der Waals surface area contributed by atoms with Gasteiger partial charge < -0.3 is 5.11 Å². The normalized spacial score (nSPS) is 10.2. The highest BCUT2D eigenvalue weighted by Gasteiger charge is 2.02. The topological polar surface area (TPSA) is 36.4 Å². The van der Waals surface area contributed by atoms with Crippen molar-refractivity contribution < 1.29 is 5.11 Å². The molecule has 108 valence electrons. The summed E-state index contributed by atoms with van der Waals surface area (Å²) in [6.07, 6.45) is 2.34. The molecule has 3 nitrogen and oxygen atoms in total. The van der Waals surface area contributed by atoms with E-state index in [1.165, 1.54) is 5.56 Å². The van der Waals surface area contributed by atoms with Gasteiger partial charge in [-0.25, -0.2) is 0 Å². The van der Waals surface area contributed by atoms with Crippen LogP contribution in [-0.2, 0) is 13.1 Å². The molecule has 0 atom stereocenters. The Balaban J connectivity index is 1.96. The van der Waals surface area contributed by atoms with Crippen molar-refractivity contribution >= 4 is 0 Å². The molecule has 0 saturated carbocycles. The van der Waals surface area contributed by atoms with Gasteiger partial charge in [-0.05, 0) is 36.9 Å². The van der Waals surface area contributed by atoms with Crippen molar-refractivity contribution in [3.63, 3.8) is 0 Å². The summed E-state index contributed by atoms with van der Waals surface area (Å²) in [5.74, 6) is 6.02. The van der Waals surface area contributed by atoms with E-state index < -0.39 is 0 Å². The highest BCUT2D eigenvalue weighted by molar-refractivity contribution is 5.37. The second-order valence-corrected chi connectivity index (χ2v) is 4.97. The molecule has 0 unspecified atom stereocenters. The minimum atomic E-state index is 0.111. The Labute approximate surface area is 126 Å². The fraction of sp³-hybridized carbons (Fsp3) is 0.278. The quantitative estimate of drug-likeness (QED) is 0.855. The van der Waals surface area contributed by atoms with Gasteiger partial charge in [-0.3, -0.25) is 9.88 Å². The highest BCUT2D eigenvalue weighted by atomic mass is 16.2. The molecule has 3 heteroatoms. The van der Waals surface area contributed by atoms with Crippen molar-refractivity contribution in [1.29, 1.82) is 0 Å². The van der Waals surface area contributed by atoms with Crippen LogP contribution in [0.5, 0.6) is 0 Å². The Morgan fingerprint density at radius 2 is 2.05 bits per heavy atom. The number of rotatable bonds is 5. The Kier molecular flexibility index (Phi) is 5.96. The van der Waals surface area contributed by atoms with Crippen molar-refractivity contribution in [2.75, 3.05) is 13.7 Å². The third-order valence-corrected chi connectivity index (χ3v) is 3.01. The van der Waals surface area contributed by atoms with Crippen LogP contribution in [0.4, 0.5) is 0 Å². The van der Waals surface area contributed by atoms with Gasteiger partial charge in [0.2, 0.25) is 0 Å². The molecule has 0 saturated heterocycles. The Morgan fingerprint density at radius 3 is 2.81 bits per heavy atom. The molecular formula is C18H20N2O. The monoisotopic (exact) mass is 280 g/mol. The van der Waals surface area contributed by atoms with Gasteiger partial charge in [0, 0.05) is 31.3 Å². The van der Waals surface area contributed by atoms with Gasteiger partial charge in [-0.15, -0.1) is 0 Å². The molecule has 2 aromatic rings. The zero-order valence-electron chi connectivity index (χ0n) is 12.3. The van der Waals surface area contributed by atoms with Crippen molar-refractivity contribution in [3.05, 3.63) is 65.5 Å². The number of pyridine rings is 1. The predicted molar refractivity (Wildman–Crippen MR) is 84.4 cm³/mol. The first-order chi connectivity index (χ1) is 10.3. The van der Waals surface area contributed by atoms with Gasteiger partial charge in [0.25, 0.3) is 0 Å². The van der Waals surface area contributed by atoms with Crippen LogP contribution in [0.15, 0.2) is 48.7 Å². The second kappa shape index (κ2) is 8.21. The Bertz CT molecular complexity index is 614.